The molecule has 0 spiro atoms. The molecule has 3 heterocycles. The van der Waals surface area contributed by atoms with E-state index in [1.54, 1.807) is 11.3 Å². The van der Waals surface area contributed by atoms with Gasteiger partial charge in [0.15, 0.2) is 0 Å². The molecule has 3 aromatic rings. The number of fused-ring (bicyclic) bond motifs is 1. The van der Waals surface area contributed by atoms with Crippen molar-refractivity contribution in [2.24, 2.45) is 0 Å². The molecule has 9 heteroatoms. The van der Waals surface area contributed by atoms with Gasteiger partial charge in [0.2, 0.25) is 0 Å². The molecule has 0 unspecified atom stereocenters. The molecular weight excluding hydrogens is 426 g/mol. The molecule has 32 heavy (non-hydrogen) atoms. The Labute approximate surface area is 189 Å². The summed E-state index contributed by atoms with van der Waals surface area (Å²) in [5.41, 5.74) is 1.84. The summed E-state index contributed by atoms with van der Waals surface area (Å²) in [5, 5.41) is 1.09. The van der Waals surface area contributed by atoms with Crippen molar-refractivity contribution in [3.63, 3.8) is 0 Å². The van der Waals surface area contributed by atoms with Crippen LogP contribution in [0.4, 0.5) is 4.79 Å². The fourth-order valence-electron chi connectivity index (χ4n) is 4.05. The van der Waals surface area contributed by atoms with E-state index in [9.17, 15) is 14.4 Å². The number of piperazine rings is 1. The Bertz CT molecular complexity index is 1120. The molecule has 2 saturated heterocycles. The maximum Gasteiger partial charge on any atom is 0.335 e. The fourth-order valence-corrected chi connectivity index (χ4v) is 5.06. The maximum atomic E-state index is 12.8. The molecule has 0 atom stereocenters. The Hall–Kier alpha value is -3.14. The molecular formula is C23H23N5O3S. The summed E-state index contributed by atoms with van der Waals surface area (Å²) in [6.45, 7) is 4.10. The average molecular weight is 450 g/mol. The van der Waals surface area contributed by atoms with Crippen molar-refractivity contribution in [2.45, 2.75) is 13.1 Å². The van der Waals surface area contributed by atoms with Gasteiger partial charge in [-0.2, -0.15) is 0 Å². The van der Waals surface area contributed by atoms with E-state index in [4.69, 9.17) is 4.98 Å². The molecule has 0 N–H and O–H groups in total. The average Bonchev–Trinajstić information content (AvgIpc) is 3.31. The molecule has 2 aromatic carbocycles. The summed E-state index contributed by atoms with van der Waals surface area (Å²) in [6.07, 6.45) is 0. The first-order valence-corrected chi connectivity index (χ1v) is 11.4. The third-order valence-corrected chi connectivity index (χ3v) is 6.84. The van der Waals surface area contributed by atoms with Gasteiger partial charge in [-0.3, -0.25) is 24.3 Å². The molecule has 164 valence electrons. The Morgan fingerprint density at radius 2 is 1.41 bits per heavy atom. The summed E-state index contributed by atoms with van der Waals surface area (Å²) < 4.78 is 1.19. The van der Waals surface area contributed by atoms with Gasteiger partial charge in [0, 0.05) is 26.2 Å². The summed E-state index contributed by atoms with van der Waals surface area (Å²) in [5.74, 6) is -1.50. The number of thiazole rings is 1. The monoisotopic (exact) mass is 449 g/mol. The van der Waals surface area contributed by atoms with Crippen molar-refractivity contribution in [3.8, 4) is 0 Å². The van der Waals surface area contributed by atoms with Crippen LogP contribution >= 0.6 is 11.3 Å². The summed E-state index contributed by atoms with van der Waals surface area (Å²) in [4.78, 5) is 48.8. The Kier molecular flexibility index (Phi) is 5.69. The van der Waals surface area contributed by atoms with Crippen molar-refractivity contribution in [3.05, 3.63) is 65.2 Å². The highest BCUT2D eigenvalue weighted by Gasteiger charge is 2.45. The third kappa shape index (κ3) is 4.14. The van der Waals surface area contributed by atoms with Gasteiger partial charge in [-0.25, -0.2) is 14.7 Å². The topological polar surface area (TPSA) is 77.1 Å². The number of nitrogens with zero attached hydrogens (tertiary/aromatic N) is 5. The van der Waals surface area contributed by atoms with Gasteiger partial charge in [-0.1, -0.05) is 42.5 Å². The standard InChI is InChI=1S/C23H23N5O3S/c29-21-22(30)28(23(31)27(21)14-17-6-2-1-3-7-17)16-26-12-10-25(11-13-26)15-20-24-18-8-4-5-9-19(18)32-20/h1-9H,10-16H2. The van der Waals surface area contributed by atoms with Crippen molar-refractivity contribution in [1.29, 1.82) is 0 Å². The summed E-state index contributed by atoms with van der Waals surface area (Å²) in [7, 11) is 0. The molecule has 4 amide bonds. The number of carbonyl (C=O) groups is 3. The molecule has 0 bridgehead atoms. The lowest BCUT2D eigenvalue weighted by Crippen LogP contribution is -2.51. The number of aromatic nitrogens is 1. The molecule has 2 fully saturated rings. The van der Waals surface area contributed by atoms with Gasteiger partial charge in [-0.15, -0.1) is 11.3 Å². The first-order chi connectivity index (χ1) is 15.6. The fraction of sp³-hybridized carbons (Fsp3) is 0.304. The van der Waals surface area contributed by atoms with Gasteiger partial charge in [0.25, 0.3) is 0 Å². The predicted molar refractivity (Wildman–Crippen MR) is 121 cm³/mol. The van der Waals surface area contributed by atoms with Gasteiger partial charge in [0.05, 0.1) is 30.0 Å². The van der Waals surface area contributed by atoms with E-state index in [2.05, 4.69) is 11.0 Å². The minimum Gasteiger partial charge on any atom is -0.294 e. The number of para-hydroxylation sites is 1. The van der Waals surface area contributed by atoms with E-state index in [0.717, 1.165) is 58.6 Å². The van der Waals surface area contributed by atoms with E-state index in [1.165, 1.54) is 4.70 Å². The van der Waals surface area contributed by atoms with E-state index >= 15 is 0 Å². The van der Waals surface area contributed by atoms with Crippen LogP contribution in [0.1, 0.15) is 10.6 Å². The SMILES string of the molecule is O=C1C(=O)N(CN2CCN(Cc3nc4ccccc4s3)CC2)C(=O)N1Cc1ccccc1. The van der Waals surface area contributed by atoms with Crippen LogP contribution < -0.4 is 0 Å². The first kappa shape index (κ1) is 20.7. The van der Waals surface area contributed by atoms with Crippen molar-refractivity contribution < 1.29 is 14.4 Å². The molecule has 5 rings (SSSR count). The van der Waals surface area contributed by atoms with Crippen LogP contribution in [0, 0.1) is 0 Å². The van der Waals surface area contributed by atoms with E-state index in [-0.39, 0.29) is 13.2 Å². The van der Waals surface area contributed by atoms with Gasteiger partial charge >= 0.3 is 17.8 Å². The number of urea groups is 1. The highest BCUT2D eigenvalue weighted by molar-refractivity contribution is 7.18. The lowest BCUT2D eigenvalue weighted by atomic mass is 10.2. The zero-order chi connectivity index (χ0) is 22.1. The number of carbonyl (C=O) groups excluding carboxylic acids is 3. The summed E-state index contributed by atoms with van der Waals surface area (Å²) >= 11 is 1.71. The second kappa shape index (κ2) is 8.78. The Morgan fingerprint density at radius 1 is 0.750 bits per heavy atom. The molecule has 0 saturated carbocycles. The largest absolute Gasteiger partial charge is 0.335 e. The van der Waals surface area contributed by atoms with Crippen molar-refractivity contribution in [2.75, 3.05) is 32.8 Å². The normalized spacial score (nSPS) is 18.3. The number of imide groups is 2. The highest BCUT2D eigenvalue weighted by atomic mass is 32.1. The van der Waals surface area contributed by atoms with Crippen LogP contribution in [-0.2, 0) is 22.7 Å². The van der Waals surface area contributed by atoms with Gasteiger partial charge in [-0.05, 0) is 17.7 Å². The second-order valence-electron chi connectivity index (χ2n) is 8.00. The van der Waals surface area contributed by atoms with Crippen LogP contribution in [0.25, 0.3) is 10.2 Å². The smallest absolute Gasteiger partial charge is 0.294 e. The molecule has 2 aliphatic heterocycles. The molecule has 1 aromatic heterocycles. The predicted octanol–water partition coefficient (Wildman–Crippen LogP) is 2.36. The number of hydrogen-bond donors (Lipinski definition) is 0. The van der Waals surface area contributed by atoms with Crippen LogP contribution in [0.5, 0.6) is 0 Å². The van der Waals surface area contributed by atoms with Gasteiger partial charge < -0.3 is 0 Å². The van der Waals surface area contributed by atoms with Crippen LogP contribution in [0.3, 0.4) is 0 Å². The zero-order valence-electron chi connectivity index (χ0n) is 17.5. The van der Waals surface area contributed by atoms with Crippen molar-refractivity contribution in [1.82, 2.24) is 24.6 Å². The Morgan fingerprint density at radius 3 is 2.16 bits per heavy atom. The number of benzene rings is 2. The number of amides is 4. The van der Waals surface area contributed by atoms with Crippen molar-refractivity contribution >= 4 is 39.4 Å². The first-order valence-electron chi connectivity index (χ1n) is 10.6. The molecule has 2 aliphatic rings. The number of hydrogen-bond acceptors (Lipinski definition) is 7. The molecule has 0 radical (unpaired) electrons. The Balaban J connectivity index is 1.16. The third-order valence-electron chi connectivity index (χ3n) is 5.82. The quantitative estimate of drug-likeness (QED) is 0.425. The van der Waals surface area contributed by atoms with E-state index in [1.807, 2.05) is 53.4 Å². The number of rotatable bonds is 6. The van der Waals surface area contributed by atoms with Crippen LogP contribution in [0.15, 0.2) is 54.6 Å². The van der Waals surface area contributed by atoms with Gasteiger partial charge in [0.1, 0.15) is 5.01 Å². The van der Waals surface area contributed by atoms with Crippen LogP contribution in [-0.4, -0.2) is 75.3 Å². The van der Waals surface area contributed by atoms with E-state index < -0.39 is 17.8 Å². The second-order valence-corrected chi connectivity index (χ2v) is 9.12. The molecule has 0 aliphatic carbocycles. The maximum absolute atomic E-state index is 12.8. The van der Waals surface area contributed by atoms with E-state index in [0.29, 0.717) is 0 Å². The lowest BCUT2D eigenvalue weighted by Gasteiger charge is -2.35. The highest BCUT2D eigenvalue weighted by Crippen LogP contribution is 2.23. The minimum absolute atomic E-state index is 0.108. The molecule has 8 nitrogen and oxygen atoms in total. The lowest BCUT2D eigenvalue weighted by molar-refractivity contribution is -0.144. The summed E-state index contributed by atoms with van der Waals surface area (Å²) in [6, 6.07) is 16.8. The zero-order valence-corrected chi connectivity index (χ0v) is 18.3. The minimum atomic E-state index is -0.756. The van der Waals surface area contributed by atoms with Crippen LogP contribution in [0.2, 0.25) is 0 Å².